The van der Waals surface area contributed by atoms with Gasteiger partial charge in [-0.2, -0.15) is 0 Å². The molecular weight excluding hydrogens is 414 g/mol. The van der Waals surface area contributed by atoms with E-state index in [9.17, 15) is 9.59 Å². The lowest BCUT2D eigenvalue weighted by Gasteiger charge is -2.05. The predicted octanol–water partition coefficient (Wildman–Crippen LogP) is 3.13. The molecule has 150 valence electrons. The fourth-order valence-corrected chi connectivity index (χ4v) is 3.01. The molecule has 0 saturated carbocycles. The fourth-order valence-electron chi connectivity index (χ4n) is 2.27. The number of carbonyl (C=O) groups is 2. The number of aromatic nitrogens is 3. The second kappa shape index (κ2) is 9.94. The first-order valence-electron chi connectivity index (χ1n) is 8.58. The molecule has 0 unspecified atom stereocenters. The lowest BCUT2D eigenvalue weighted by molar-refractivity contribution is -0.113. The van der Waals surface area contributed by atoms with Gasteiger partial charge in [-0.3, -0.25) is 14.7 Å². The number of hydrogen-bond acceptors (Lipinski definition) is 6. The number of carbonyl (C=O) groups excluding carboxylic acids is 2. The van der Waals surface area contributed by atoms with Crippen molar-refractivity contribution < 1.29 is 14.3 Å². The molecule has 0 atom stereocenters. The number of ether oxygens (including phenoxy) is 1. The van der Waals surface area contributed by atoms with Crippen LogP contribution in [0.4, 0.5) is 5.69 Å². The number of benzene rings is 2. The largest absolute Gasteiger partial charge is 0.486 e. The van der Waals surface area contributed by atoms with Crippen LogP contribution in [0, 0.1) is 0 Å². The number of nitrogens with one attached hydrogen (secondary N) is 3. The summed E-state index contributed by atoms with van der Waals surface area (Å²) in [7, 11) is 1.56. The van der Waals surface area contributed by atoms with Crippen molar-refractivity contribution in [3.63, 3.8) is 0 Å². The van der Waals surface area contributed by atoms with Crippen LogP contribution in [0.2, 0.25) is 5.02 Å². The van der Waals surface area contributed by atoms with E-state index in [4.69, 9.17) is 16.3 Å². The first-order valence-corrected chi connectivity index (χ1v) is 9.94. The normalized spacial score (nSPS) is 10.4. The molecule has 3 rings (SSSR count). The third-order valence-electron chi connectivity index (χ3n) is 3.69. The quantitative estimate of drug-likeness (QED) is 0.473. The minimum absolute atomic E-state index is 0.145. The van der Waals surface area contributed by atoms with Crippen molar-refractivity contribution in [3.05, 3.63) is 64.9 Å². The molecule has 2 amide bonds. The Balaban J connectivity index is 1.44. The molecule has 0 aliphatic carbocycles. The SMILES string of the molecule is CNC(=O)c1ccc(NC(=O)CSc2n[nH]c(COc3ccc(Cl)cc3)n2)cc1. The molecule has 0 aliphatic rings. The molecule has 0 fully saturated rings. The zero-order chi connectivity index (χ0) is 20.6. The average Bonchev–Trinajstić information content (AvgIpc) is 3.20. The van der Waals surface area contributed by atoms with Crippen LogP contribution in [-0.4, -0.2) is 39.8 Å². The van der Waals surface area contributed by atoms with Gasteiger partial charge in [0.2, 0.25) is 11.1 Å². The van der Waals surface area contributed by atoms with E-state index in [0.29, 0.717) is 33.0 Å². The van der Waals surface area contributed by atoms with E-state index in [1.165, 1.54) is 11.8 Å². The van der Waals surface area contributed by atoms with E-state index in [2.05, 4.69) is 25.8 Å². The van der Waals surface area contributed by atoms with Gasteiger partial charge in [0.25, 0.3) is 5.91 Å². The molecule has 3 aromatic rings. The van der Waals surface area contributed by atoms with Crippen molar-refractivity contribution >= 4 is 40.9 Å². The van der Waals surface area contributed by atoms with Gasteiger partial charge in [-0.15, -0.1) is 5.10 Å². The van der Waals surface area contributed by atoms with Crippen LogP contribution in [0.5, 0.6) is 5.75 Å². The standard InChI is InChI=1S/C19H18ClN5O3S/c1-21-18(27)12-2-6-14(7-3-12)22-17(26)11-29-19-23-16(24-25-19)10-28-15-8-4-13(20)5-9-15/h2-9H,10-11H2,1H3,(H,21,27)(H,22,26)(H,23,24,25). The van der Waals surface area contributed by atoms with Gasteiger partial charge in [0.15, 0.2) is 5.82 Å². The van der Waals surface area contributed by atoms with Crippen molar-refractivity contribution in [1.29, 1.82) is 0 Å². The number of aromatic amines is 1. The van der Waals surface area contributed by atoms with Gasteiger partial charge >= 0.3 is 0 Å². The molecule has 8 nitrogen and oxygen atoms in total. The van der Waals surface area contributed by atoms with E-state index < -0.39 is 0 Å². The number of nitrogens with zero attached hydrogens (tertiary/aromatic N) is 2. The number of rotatable bonds is 8. The molecule has 1 aromatic heterocycles. The summed E-state index contributed by atoms with van der Waals surface area (Å²) in [4.78, 5) is 27.9. The first kappa shape index (κ1) is 20.7. The zero-order valence-corrected chi connectivity index (χ0v) is 17.0. The summed E-state index contributed by atoms with van der Waals surface area (Å²) in [6.45, 7) is 0.221. The summed E-state index contributed by atoms with van der Waals surface area (Å²) in [5.41, 5.74) is 1.13. The van der Waals surface area contributed by atoms with Crippen molar-refractivity contribution in [2.75, 3.05) is 18.1 Å². The van der Waals surface area contributed by atoms with Gasteiger partial charge in [0, 0.05) is 23.3 Å². The van der Waals surface area contributed by atoms with Crippen LogP contribution < -0.4 is 15.4 Å². The molecule has 10 heteroatoms. The molecule has 0 aliphatic heterocycles. The topological polar surface area (TPSA) is 109 Å². The number of halogens is 1. The Morgan fingerprint density at radius 2 is 1.86 bits per heavy atom. The van der Waals surface area contributed by atoms with E-state index in [0.717, 1.165) is 0 Å². The average molecular weight is 432 g/mol. The highest BCUT2D eigenvalue weighted by molar-refractivity contribution is 7.99. The lowest BCUT2D eigenvalue weighted by atomic mass is 10.2. The van der Waals surface area contributed by atoms with E-state index in [1.54, 1.807) is 55.6 Å². The summed E-state index contributed by atoms with van der Waals surface area (Å²) < 4.78 is 5.59. The summed E-state index contributed by atoms with van der Waals surface area (Å²) in [5.74, 6) is 0.979. The summed E-state index contributed by atoms with van der Waals surface area (Å²) >= 11 is 7.03. The molecule has 0 bridgehead atoms. The maximum atomic E-state index is 12.1. The number of thioether (sulfide) groups is 1. The number of anilines is 1. The second-order valence-corrected chi connectivity index (χ2v) is 7.18. The minimum atomic E-state index is -0.202. The predicted molar refractivity (Wildman–Crippen MR) is 111 cm³/mol. The summed E-state index contributed by atoms with van der Waals surface area (Å²) in [5, 5.41) is 13.2. The maximum absolute atomic E-state index is 12.1. The number of hydrogen-bond donors (Lipinski definition) is 3. The minimum Gasteiger partial charge on any atom is -0.486 e. The number of amides is 2. The molecule has 3 N–H and O–H groups in total. The smallest absolute Gasteiger partial charge is 0.251 e. The molecule has 1 heterocycles. The van der Waals surface area contributed by atoms with Crippen molar-refractivity contribution in [2.45, 2.75) is 11.8 Å². The molecular formula is C19H18ClN5O3S. The molecule has 0 saturated heterocycles. The van der Waals surface area contributed by atoms with Gasteiger partial charge in [0.1, 0.15) is 12.4 Å². The van der Waals surface area contributed by atoms with Crippen LogP contribution in [0.15, 0.2) is 53.7 Å². The van der Waals surface area contributed by atoms with Crippen molar-refractivity contribution in [2.24, 2.45) is 0 Å². The van der Waals surface area contributed by atoms with Gasteiger partial charge in [-0.05, 0) is 48.5 Å². The van der Waals surface area contributed by atoms with Crippen LogP contribution in [0.25, 0.3) is 0 Å². The van der Waals surface area contributed by atoms with Crippen molar-refractivity contribution in [3.8, 4) is 5.75 Å². The second-order valence-electron chi connectivity index (χ2n) is 5.80. The molecule has 0 radical (unpaired) electrons. The Morgan fingerprint density at radius 1 is 1.14 bits per heavy atom. The fraction of sp³-hybridized carbons (Fsp3) is 0.158. The maximum Gasteiger partial charge on any atom is 0.251 e. The monoisotopic (exact) mass is 431 g/mol. The Bertz CT molecular complexity index is 976. The lowest BCUT2D eigenvalue weighted by Crippen LogP contribution is -2.18. The Hall–Kier alpha value is -3.04. The Labute approximate surface area is 176 Å². The van der Waals surface area contributed by atoms with E-state index in [1.807, 2.05) is 0 Å². The highest BCUT2D eigenvalue weighted by atomic mass is 35.5. The summed E-state index contributed by atoms with van der Waals surface area (Å²) in [6.07, 6.45) is 0. The Morgan fingerprint density at radius 3 is 2.55 bits per heavy atom. The molecule has 0 spiro atoms. The van der Waals surface area contributed by atoms with Gasteiger partial charge in [0.05, 0.1) is 5.75 Å². The number of H-pyrrole nitrogens is 1. The summed E-state index contributed by atoms with van der Waals surface area (Å²) in [6, 6.07) is 13.6. The van der Waals surface area contributed by atoms with Crippen LogP contribution in [-0.2, 0) is 11.4 Å². The van der Waals surface area contributed by atoms with Gasteiger partial charge < -0.3 is 15.4 Å². The highest BCUT2D eigenvalue weighted by Crippen LogP contribution is 2.18. The van der Waals surface area contributed by atoms with E-state index >= 15 is 0 Å². The van der Waals surface area contributed by atoms with Gasteiger partial charge in [-0.1, -0.05) is 23.4 Å². The highest BCUT2D eigenvalue weighted by Gasteiger charge is 2.09. The van der Waals surface area contributed by atoms with Crippen LogP contribution in [0.3, 0.4) is 0 Å². The molecule has 29 heavy (non-hydrogen) atoms. The van der Waals surface area contributed by atoms with Crippen LogP contribution >= 0.6 is 23.4 Å². The van der Waals surface area contributed by atoms with E-state index in [-0.39, 0.29) is 24.2 Å². The molecule has 2 aromatic carbocycles. The first-order chi connectivity index (χ1) is 14.0. The third kappa shape index (κ3) is 6.23. The Kier molecular flexibility index (Phi) is 7.09. The third-order valence-corrected chi connectivity index (χ3v) is 4.79. The van der Waals surface area contributed by atoms with Crippen LogP contribution in [0.1, 0.15) is 16.2 Å². The van der Waals surface area contributed by atoms with Crippen molar-refractivity contribution in [1.82, 2.24) is 20.5 Å². The zero-order valence-electron chi connectivity index (χ0n) is 15.4. The van der Waals surface area contributed by atoms with Gasteiger partial charge in [-0.25, -0.2) is 4.98 Å².